The van der Waals surface area contributed by atoms with Gasteiger partial charge in [0.15, 0.2) is 0 Å². The van der Waals surface area contributed by atoms with Crippen molar-refractivity contribution in [2.24, 2.45) is 5.92 Å². The van der Waals surface area contributed by atoms with Crippen LogP contribution in [0.25, 0.3) is 10.9 Å². The molecule has 4 aliphatic heterocycles. The Balaban J connectivity index is 1.41. The first-order chi connectivity index (χ1) is 21.5. The predicted molar refractivity (Wildman–Crippen MR) is 168 cm³/mol. The topological polar surface area (TPSA) is 99.0 Å². The first-order valence-corrected chi connectivity index (χ1v) is 17.9. The van der Waals surface area contributed by atoms with Gasteiger partial charge in [-0.25, -0.2) is 21.6 Å². The van der Waals surface area contributed by atoms with Crippen LogP contribution in [-0.4, -0.2) is 54.7 Å². The van der Waals surface area contributed by atoms with E-state index in [9.17, 15) is 13.7 Å². The Hall–Kier alpha value is -3.23. The van der Waals surface area contributed by atoms with E-state index >= 15 is 13.2 Å². The molecule has 45 heavy (non-hydrogen) atoms. The predicted octanol–water partition coefficient (Wildman–Crippen LogP) is 6.83. The summed E-state index contributed by atoms with van der Waals surface area (Å²) in [6.07, 6.45) is 6.62. The van der Waals surface area contributed by atoms with Crippen LogP contribution < -0.4 is 5.32 Å². The molecule has 3 aromatic rings. The van der Waals surface area contributed by atoms with E-state index in [0.717, 1.165) is 62.9 Å². The van der Waals surface area contributed by atoms with Crippen molar-refractivity contribution in [2.45, 2.75) is 82.1 Å². The normalized spacial score (nSPS) is 26.5. The zero-order valence-corrected chi connectivity index (χ0v) is 26.5. The summed E-state index contributed by atoms with van der Waals surface area (Å²) in [4.78, 5) is 2.31. The summed E-state index contributed by atoms with van der Waals surface area (Å²) in [7, 11) is -3.20. The maximum atomic E-state index is 15.8. The molecule has 0 radical (unpaired) electrons. The van der Waals surface area contributed by atoms with Gasteiger partial charge in [-0.15, -0.1) is 0 Å². The lowest BCUT2D eigenvalue weighted by Crippen LogP contribution is -2.47. The molecule has 0 amide bonds. The Morgan fingerprint density at radius 3 is 2.58 bits per heavy atom. The van der Waals surface area contributed by atoms with E-state index in [1.807, 2.05) is 12.1 Å². The molecular weight excluding hydrogens is 599 g/mol. The minimum absolute atomic E-state index is 0.0529. The fourth-order valence-electron chi connectivity index (χ4n) is 7.21. The maximum Gasteiger partial charge on any atom is 0.276 e. The van der Waals surface area contributed by atoms with Gasteiger partial charge in [0.2, 0.25) is 0 Å². The van der Waals surface area contributed by atoms with Crippen LogP contribution in [0.3, 0.4) is 0 Å². The summed E-state index contributed by atoms with van der Waals surface area (Å²) in [6, 6.07) is 9.81. The summed E-state index contributed by atoms with van der Waals surface area (Å²) >= 11 is 0. The zero-order chi connectivity index (χ0) is 31.8. The number of sulfone groups is 1. The molecule has 0 spiro atoms. The number of fused-ring (bicyclic) bond motifs is 8. The summed E-state index contributed by atoms with van der Waals surface area (Å²) in [5.74, 6) is -4.10. The summed E-state index contributed by atoms with van der Waals surface area (Å²) in [6.45, 7) is 4.27. The highest BCUT2D eigenvalue weighted by Gasteiger charge is 2.40. The number of hydrogen-bond donors (Lipinski definition) is 1. The molecule has 1 aromatic heterocycles. The van der Waals surface area contributed by atoms with E-state index < -0.39 is 38.6 Å². The molecule has 4 aliphatic rings. The largest absolute Gasteiger partial charge is 0.377 e. The van der Waals surface area contributed by atoms with Crippen molar-refractivity contribution >= 4 is 26.4 Å². The number of hydrogen-bond acceptors (Lipinski definition) is 7. The average molecular weight is 640 g/mol. The third kappa shape index (κ3) is 6.54. The van der Waals surface area contributed by atoms with Crippen LogP contribution in [0.1, 0.15) is 86.6 Å². The van der Waals surface area contributed by atoms with Gasteiger partial charge in [0.25, 0.3) is 5.92 Å². The number of alkyl halides is 2. The Morgan fingerprint density at radius 2 is 1.82 bits per heavy atom. The van der Waals surface area contributed by atoms with Crippen LogP contribution in [0.5, 0.6) is 0 Å². The smallest absolute Gasteiger partial charge is 0.276 e. The summed E-state index contributed by atoms with van der Waals surface area (Å²) in [5, 5.41) is 23.1. The minimum atomic E-state index is -3.28. The van der Waals surface area contributed by atoms with Crippen LogP contribution in [0.15, 0.2) is 36.5 Å². The molecule has 0 saturated carbocycles. The molecule has 240 valence electrons. The molecular formula is C34H40F3N5O2S. The second-order valence-corrected chi connectivity index (χ2v) is 15.5. The van der Waals surface area contributed by atoms with Gasteiger partial charge < -0.3 is 10.2 Å². The molecule has 5 heterocycles. The van der Waals surface area contributed by atoms with Crippen molar-refractivity contribution in [1.82, 2.24) is 15.1 Å². The van der Waals surface area contributed by atoms with E-state index in [0.29, 0.717) is 23.0 Å². The molecule has 1 atom stereocenters. The second-order valence-electron chi connectivity index (χ2n) is 13.2. The van der Waals surface area contributed by atoms with Gasteiger partial charge in [0.1, 0.15) is 15.7 Å². The molecule has 2 saturated heterocycles. The van der Waals surface area contributed by atoms with Gasteiger partial charge >= 0.3 is 0 Å². The molecule has 2 aromatic carbocycles. The van der Waals surface area contributed by atoms with E-state index in [2.05, 4.69) is 26.5 Å². The van der Waals surface area contributed by atoms with Crippen molar-refractivity contribution in [3.8, 4) is 6.07 Å². The quantitative estimate of drug-likeness (QED) is 0.312. The van der Waals surface area contributed by atoms with Crippen LogP contribution in [0.4, 0.5) is 18.9 Å². The Labute approximate surface area is 263 Å². The second kappa shape index (κ2) is 12.5. The number of nitriles is 1. The van der Waals surface area contributed by atoms with Gasteiger partial charge in [0, 0.05) is 30.5 Å². The van der Waals surface area contributed by atoms with E-state index in [-0.39, 0.29) is 42.2 Å². The molecule has 0 aliphatic carbocycles. The van der Waals surface area contributed by atoms with Gasteiger partial charge in [-0.2, -0.15) is 15.5 Å². The number of nitrogens with one attached hydrogen (secondary N) is 1. The lowest BCUT2D eigenvalue weighted by atomic mass is 9.75. The van der Waals surface area contributed by atoms with Crippen LogP contribution in [-0.2, 0) is 27.6 Å². The van der Waals surface area contributed by atoms with Crippen molar-refractivity contribution in [3.63, 3.8) is 0 Å². The molecule has 2 fully saturated rings. The molecule has 1 N–H and O–H groups in total. The third-order valence-corrected chi connectivity index (χ3v) is 11.8. The SMILES string of the molecule is C[C@H]1Nc2cnnc3c(cc(C4(C#N)CCS(=O)(=O)CC4)cc23)CCCCCCN2CC(CCC(F)(F)c3cccc1c3F)C2. The van der Waals surface area contributed by atoms with Crippen molar-refractivity contribution in [1.29, 1.82) is 5.26 Å². The number of anilines is 1. The number of aromatic nitrogens is 2. The molecule has 7 rings (SSSR count). The minimum Gasteiger partial charge on any atom is -0.377 e. The summed E-state index contributed by atoms with van der Waals surface area (Å²) in [5.41, 5.74) is 1.45. The highest BCUT2D eigenvalue weighted by molar-refractivity contribution is 7.91. The fraction of sp³-hybridized carbons (Fsp3) is 0.559. The van der Waals surface area contributed by atoms with Crippen molar-refractivity contribution in [3.05, 3.63) is 64.6 Å². The van der Waals surface area contributed by atoms with E-state index in [1.54, 1.807) is 6.92 Å². The van der Waals surface area contributed by atoms with Crippen LogP contribution >= 0.6 is 0 Å². The first-order valence-electron chi connectivity index (χ1n) is 16.1. The van der Waals surface area contributed by atoms with Crippen LogP contribution in [0, 0.1) is 23.1 Å². The van der Waals surface area contributed by atoms with Crippen LogP contribution in [0.2, 0.25) is 0 Å². The molecule has 7 nitrogen and oxygen atoms in total. The highest BCUT2D eigenvalue weighted by atomic mass is 32.2. The summed E-state index contributed by atoms with van der Waals surface area (Å²) < 4.78 is 71.2. The monoisotopic (exact) mass is 639 g/mol. The van der Waals surface area contributed by atoms with Crippen molar-refractivity contribution in [2.75, 3.05) is 36.5 Å². The number of rotatable bonds is 1. The lowest BCUT2D eigenvalue weighted by molar-refractivity contribution is -0.0320. The van der Waals surface area contributed by atoms with Gasteiger partial charge in [0.05, 0.1) is 52.0 Å². The standard InChI is InChI=1S/C34H40F3N5O2S/c1-23-27-8-6-9-29(31(27)35)34(36,37)11-10-24-20-42(21-24)14-5-3-2-4-7-25-17-26(18-28-30(40-23)19-39-41-32(25)28)33(22-38)12-15-45(43,44)16-13-33/h6,8-9,17-19,23-24,40H,2-5,7,10-16,20-21H2,1H3/t23-/m1/s1. The van der Waals surface area contributed by atoms with E-state index in [1.165, 1.54) is 24.4 Å². The fourth-order valence-corrected chi connectivity index (χ4v) is 8.73. The number of aryl methyl sites for hydroxylation is 1. The Kier molecular flexibility index (Phi) is 8.83. The van der Waals surface area contributed by atoms with Gasteiger partial charge in [-0.1, -0.05) is 37.1 Å². The lowest BCUT2D eigenvalue weighted by Gasteiger charge is -2.40. The first kappa shape index (κ1) is 31.7. The Morgan fingerprint density at radius 1 is 1.07 bits per heavy atom. The third-order valence-electron chi connectivity index (χ3n) is 10.1. The molecule has 11 heteroatoms. The zero-order valence-electron chi connectivity index (χ0n) is 25.7. The average Bonchev–Trinajstić information content (AvgIpc) is 2.99. The van der Waals surface area contributed by atoms with Crippen molar-refractivity contribution < 1.29 is 21.6 Å². The number of nitrogens with zero attached hydrogens (tertiary/aromatic N) is 4. The van der Waals surface area contributed by atoms with Gasteiger partial charge in [-0.05, 0) is 75.1 Å². The number of halogens is 3. The Bertz CT molecular complexity index is 1700. The maximum absolute atomic E-state index is 15.8. The molecule has 0 unspecified atom stereocenters. The molecule has 8 bridgehead atoms. The highest BCUT2D eigenvalue weighted by Crippen LogP contribution is 2.41. The number of benzene rings is 2. The van der Waals surface area contributed by atoms with Gasteiger partial charge in [-0.3, -0.25) is 0 Å². The van der Waals surface area contributed by atoms with E-state index in [4.69, 9.17) is 0 Å².